The van der Waals surface area contributed by atoms with Crippen molar-refractivity contribution in [3.63, 3.8) is 0 Å². The molecule has 1 saturated heterocycles. The van der Waals surface area contributed by atoms with Crippen molar-refractivity contribution in [1.29, 1.82) is 0 Å². The predicted molar refractivity (Wildman–Crippen MR) is 99.4 cm³/mol. The maximum absolute atomic E-state index is 9.79. The molecule has 0 saturated carbocycles. The van der Waals surface area contributed by atoms with Crippen LogP contribution in [0.25, 0.3) is 5.57 Å². The number of rotatable bonds is 5. The summed E-state index contributed by atoms with van der Waals surface area (Å²) in [5, 5.41) is 5.70. The topological polar surface area (TPSA) is 67.1 Å². The van der Waals surface area contributed by atoms with E-state index in [1.807, 2.05) is 32.9 Å². The quantitative estimate of drug-likeness (QED) is 0.577. The van der Waals surface area contributed by atoms with Gasteiger partial charge in [0, 0.05) is 30.9 Å². The summed E-state index contributed by atoms with van der Waals surface area (Å²) in [6.45, 7) is 18.9. The molecule has 0 aromatic heterocycles. The molecule has 0 bridgehead atoms. The summed E-state index contributed by atoms with van der Waals surface area (Å²) < 4.78 is 0. The van der Waals surface area contributed by atoms with Crippen LogP contribution < -0.4 is 16.4 Å². The summed E-state index contributed by atoms with van der Waals surface area (Å²) in [5.41, 5.74) is 10.0. The first kappa shape index (κ1) is 20.5. The molecule has 1 amide bonds. The lowest BCUT2D eigenvalue weighted by Gasteiger charge is -2.12. The van der Waals surface area contributed by atoms with Gasteiger partial charge in [-0.3, -0.25) is 4.79 Å². The predicted octanol–water partition coefficient (Wildman–Crippen LogP) is 3.33. The van der Waals surface area contributed by atoms with Crippen LogP contribution in [0.3, 0.4) is 0 Å². The van der Waals surface area contributed by atoms with E-state index >= 15 is 0 Å². The summed E-state index contributed by atoms with van der Waals surface area (Å²) in [5.74, 6) is 0.185. The van der Waals surface area contributed by atoms with Crippen LogP contribution in [-0.4, -0.2) is 12.5 Å². The monoisotopic (exact) mass is 315 g/mol. The van der Waals surface area contributed by atoms with Gasteiger partial charge in [0.25, 0.3) is 0 Å². The van der Waals surface area contributed by atoms with Crippen molar-refractivity contribution >= 4 is 11.5 Å². The molecule has 0 radical (unpaired) electrons. The van der Waals surface area contributed by atoms with Crippen molar-refractivity contribution in [1.82, 2.24) is 10.6 Å². The zero-order chi connectivity index (χ0) is 17.8. The van der Waals surface area contributed by atoms with E-state index in [-0.39, 0.29) is 5.91 Å². The van der Waals surface area contributed by atoms with Gasteiger partial charge in [-0.05, 0) is 18.1 Å². The molecule has 1 fully saturated rings. The maximum Gasteiger partial charge on any atom is 0.221 e. The third-order valence-corrected chi connectivity index (χ3v) is 3.03. The Morgan fingerprint density at radius 1 is 1.26 bits per heavy atom. The summed E-state index contributed by atoms with van der Waals surface area (Å²) in [4.78, 5) is 9.79. The Morgan fingerprint density at radius 2 is 1.78 bits per heavy atom. The number of allylic oxidation sites excluding steroid dienone is 1. The van der Waals surface area contributed by atoms with Crippen LogP contribution in [0.2, 0.25) is 0 Å². The molecule has 0 aliphatic carbocycles. The van der Waals surface area contributed by atoms with Crippen molar-refractivity contribution in [3.05, 3.63) is 66.5 Å². The van der Waals surface area contributed by atoms with Crippen molar-refractivity contribution in [2.75, 3.05) is 6.54 Å². The largest absolute Gasteiger partial charge is 0.398 e. The van der Waals surface area contributed by atoms with Gasteiger partial charge in [0.2, 0.25) is 5.91 Å². The van der Waals surface area contributed by atoms with E-state index in [0.29, 0.717) is 17.9 Å². The van der Waals surface area contributed by atoms with E-state index in [1.54, 1.807) is 0 Å². The smallest absolute Gasteiger partial charge is 0.221 e. The molecule has 1 aromatic rings. The van der Waals surface area contributed by atoms with Crippen LogP contribution in [0, 0.1) is 0 Å². The minimum Gasteiger partial charge on any atom is -0.398 e. The first-order chi connectivity index (χ1) is 10.9. The molecule has 1 aliphatic rings. The number of nitrogens with two attached hydrogens (primary N) is 1. The van der Waals surface area contributed by atoms with E-state index in [0.717, 1.165) is 24.1 Å². The second-order valence-corrected chi connectivity index (χ2v) is 4.89. The maximum atomic E-state index is 9.79. The number of carbonyl (C=O) groups is 1. The minimum absolute atomic E-state index is 0.185. The van der Waals surface area contributed by atoms with Gasteiger partial charge in [-0.15, -0.1) is 0 Å². The van der Waals surface area contributed by atoms with Gasteiger partial charge in [-0.25, -0.2) is 0 Å². The number of β-lactam (4-membered cyclic amide) rings is 1. The van der Waals surface area contributed by atoms with Crippen LogP contribution >= 0.6 is 0 Å². The number of hydrogen-bond acceptors (Lipinski definition) is 3. The third kappa shape index (κ3) is 7.90. The van der Waals surface area contributed by atoms with Crippen molar-refractivity contribution in [2.45, 2.75) is 33.7 Å². The zero-order valence-corrected chi connectivity index (χ0v) is 14.5. The van der Waals surface area contributed by atoms with E-state index in [2.05, 4.69) is 42.5 Å². The fourth-order valence-corrected chi connectivity index (χ4v) is 1.63. The molecule has 4 heteroatoms. The molecule has 1 aliphatic heterocycles. The average molecular weight is 315 g/mol. The first-order valence-electron chi connectivity index (χ1n) is 7.80. The number of amides is 1. The highest BCUT2D eigenvalue weighted by atomic mass is 16.2. The molecule has 0 unspecified atom stereocenters. The Morgan fingerprint density at radius 3 is 2.17 bits per heavy atom. The van der Waals surface area contributed by atoms with Gasteiger partial charge in [0.05, 0.1) is 0 Å². The molecule has 1 aromatic carbocycles. The van der Waals surface area contributed by atoms with Crippen LogP contribution in [0.15, 0.2) is 55.4 Å². The van der Waals surface area contributed by atoms with E-state index in [4.69, 9.17) is 5.73 Å². The van der Waals surface area contributed by atoms with Gasteiger partial charge >= 0.3 is 0 Å². The first-order valence-corrected chi connectivity index (χ1v) is 7.80. The van der Waals surface area contributed by atoms with Crippen molar-refractivity contribution in [3.8, 4) is 0 Å². The Bertz CT molecular complexity index is 555. The minimum atomic E-state index is 0.185. The number of carbonyl (C=O) groups excluding carboxylic acids is 1. The van der Waals surface area contributed by atoms with Gasteiger partial charge in [-0.2, -0.15) is 0 Å². The molecule has 126 valence electrons. The molecule has 0 atom stereocenters. The number of nitrogens with one attached hydrogen (secondary N) is 2. The van der Waals surface area contributed by atoms with Crippen molar-refractivity contribution in [2.24, 2.45) is 5.73 Å². The summed E-state index contributed by atoms with van der Waals surface area (Å²) in [6.07, 6.45) is 0.736. The highest BCUT2D eigenvalue weighted by Crippen LogP contribution is 2.17. The van der Waals surface area contributed by atoms with Gasteiger partial charge in [0.1, 0.15) is 0 Å². The Hall–Kier alpha value is -2.49. The summed E-state index contributed by atoms with van der Waals surface area (Å²) in [7, 11) is 0. The summed E-state index contributed by atoms with van der Waals surface area (Å²) in [6, 6.07) is 8.12. The number of hydrogen-bond donors (Lipinski definition) is 3. The fourth-order valence-electron chi connectivity index (χ4n) is 1.63. The molecule has 2 rings (SSSR count). The third-order valence-electron chi connectivity index (χ3n) is 3.03. The Balaban J connectivity index is 0.000000574. The van der Waals surface area contributed by atoms with E-state index < -0.39 is 0 Å². The molecule has 0 spiro atoms. The lowest BCUT2D eigenvalue weighted by Crippen LogP contribution is -2.37. The molecular formula is C19H29N3O. The lowest BCUT2D eigenvalue weighted by atomic mass is 10.0. The fraction of sp³-hybridized carbons (Fsp3) is 0.316. The van der Waals surface area contributed by atoms with Crippen LogP contribution in [0.1, 0.15) is 38.3 Å². The normalized spacial score (nSPS) is 11.3. The number of benzene rings is 1. The van der Waals surface area contributed by atoms with E-state index in [9.17, 15) is 4.79 Å². The van der Waals surface area contributed by atoms with Crippen molar-refractivity contribution < 1.29 is 4.79 Å². The second kappa shape index (κ2) is 11.1. The molecule has 23 heavy (non-hydrogen) atoms. The van der Waals surface area contributed by atoms with Crippen LogP contribution in [0.5, 0.6) is 0 Å². The summed E-state index contributed by atoms with van der Waals surface area (Å²) >= 11 is 0. The SMILES string of the molecule is C=C(N)C(=C)NCc1ccccc1C(=C)C.CC.O=C1CCN1. The highest BCUT2D eigenvalue weighted by Gasteiger charge is 2.07. The molecule has 4 N–H and O–H groups in total. The Kier molecular flexibility index (Phi) is 9.92. The van der Waals surface area contributed by atoms with Gasteiger partial charge in [0.15, 0.2) is 0 Å². The molecular weight excluding hydrogens is 286 g/mol. The lowest BCUT2D eigenvalue weighted by molar-refractivity contribution is -0.125. The molecule has 1 heterocycles. The molecule has 4 nitrogen and oxygen atoms in total. The standard InChI is InChI=1S/C14H18N2.C3H5NO.C2H6/c1-10(2)14-8-6-5-7-13(14)9-16-12(4)11(3)15;5-3-1-2-4-3;1-2/h5-8,16H,1,3-4,9,15H2,2H3;1-2H2,(H,4,5);1-2H3. The van der Waals surface area contributed by atoms with Crippen LogP contribution in [0.4, 0.5) is 0 Å². The Labute approximate surface area is 140 Å². The van der Waals surface area contributed by atoms with E-state index in [1.165, 1.54) is 5.56 Å². The zero-order valence-electron chi connectivity index (χ0n) is 14.5. The highest BCUT2D eigenvalue weighted by molar-refractivity contribution is 5.81. The average Bonchev–Trinajstić information content (AvgIpc) is 2.53. The van der Waals surface area contributed by atoms with Crippen LogP contribution in [-0.2, 0) is 11.3 Å². The van der Waals surface area contributed by atoms with Gasteiger partial charge < -0.3 is 16.4 Å². The van der Waals surface area contributed by atoms with Gasteiger partial charge in [-0.1, -0.05) is 63.4 Å². The second-order valence-electron chi connectivity index (χ2n) is 4.89.